The monoisotopic (exact) mass is 545 g/mol. The summed E-state index contributed by atoms with van der Waals surface area (Å²) in [5.74, 6) is 2.12. The highest BCUT2D eigenvalue weighted by Gasteiger charge is 2.55. The molecule has 0 unspecified atom stereocenters. The summed E-state index contributed by atoms with van der Waals surface area (Å²) in [6.07, 6.45) is 6.27. The average molecular weight is 546 g/mol. The molecule has 0 aromatic carbocycles. The SMILES string of the molecule is CN[C@H](C)c1cccc(N2c3nc(Nc4ccn(C5CCOCC5)c(=O)c4)ncc3[C@@]3(C)COC(C)(C)C[C@@H]23)n1. The lowest BCUT2D eigenvalue weighted by atomic mass is 9.73. The second kappa shape index (κ2) is 10.2. The van der Waals surface area contributed by atoms with Crippen molar-refractivity contribution in [2.75, 3.05) is 37.1 Å². The van der Waals surface area contributed by atoms with Gasteiger partial charge in [-0.2, -0.15) is 4.98 Å². The summed E-state index contributed by atoms with van der Waals surface area (Å²) in [6.45, 7) is 10.6. The van der Waals surface area contributed by atoms with E-state index in [0.717, 1.165) is 42.2 Å². The lowest BCUT2D eigenvalue weighted by molar-refractivity contribution is -0.0893. The second-order valence-corrected chi connectivity index (χ2v) is 12.0. The van der Waals surface area contributed by atoms with Gasteiger partial charge in [-0.05, 0) is 65.3 Å². The first-order chi connectivity index (χ1) is 19.2. The predicted molar refractivity (Wildman–Crippen MR) is 155 cm³/mol. The van der Waals surface area contributed by atoms with Crippen LogP contribution in [0.5, 0.6) is 0 Å². The van der Waals surface area contributed by atoms with E-state index < -0.39 is 0 Å². The number of hydrogen-bond acceptors (Lipinski definition) is 9. The van der Waals surface area contributed by atoms with Crippen molar-refractivity contribution in [2.24, 2.45) is 0 Å². The van der Waals surface area contributed by atoms with Gasteiger partial charge in [0.2, 0.25) is 5.95 Å². The van der Waals surface area contributed by atoms with E-state index in [4.69, 9.17) is 19.4 Å². The molecule has 3 atom stereocenters. The maximum Gasteiger partial charge on any atom is 0.252 e. The van der Waals surface area contributed by atoms with Crippen LogP contribution < -0.4 is 21.1 Å². The number of pyridine rings is 2. The Morgan fingerprint density at radius 1 is 1.12 bits per heavy atom. The fraction of sp³-hybridized carbons (Fsp3) is 0.533. The van der Waals surface area contributed by atoms with Crippen LogP contribution in [0.4, 0.5) is 23.3 Å². The van der Waals surface area contributed by atoms with Crippen LogP contribution >= 0.6 is 0 Å². The predicted octanol–water partition coefficient (Wildman–Crippen LogP) is 4.39. The standard InChI is InChI=1S/C30H39N7O3/c1-19(31-5)23-7-6-8-25(34-23)37-24-16-29(2,3)40-18-30(24,4)22-17-32-28(35-27(22)37)33-20-9-12-36(26(38)15-20)21-10-13-39-14-11-21/h6-9,12,15,17,19,21,24,31H,10-11,13-14,16,18H2,1-5H3,(H,32,33,35)/t19-,24-,30-/m1/s1. The van der Waals surface area contributed by atoms with E-state index in [0.29, 0.717) is 31.5 Å². The van der Waals surface area contributed by atoms with E-state index in [9.17, 15) is 4.79 Å². The fourth-order valence-corrected chi connectivity index (χ4v) is 6.18. The largest absolute Gasteiger partial charge is 0.381 e. The van der Waals surface area contributed by atoms with E-state index in [1.807, 2.05) is 31.6 Å². The summed E-state index contributed by atoms with van der Waals surface area (Å²) < 4.78 is 13.6. The summed E-state index contributed by atoms with van der Waals surface area (Å²) in [6, 6.07) is 10.1. The first kappa shape index (κ1) is 26.9. The zero-order valence-corrected chi connectivity index (χ0v) is 24.0. The van der Waals surface area contributed by atoms with Gasteiger partial charge in [-0.15, -0.1) is 0 Å². The van der Waals surface area contributed by atoms with Gasteiger partial charge in [-0.25, -0.2) is 9.97 Å². The van der Waals surface area contributed by atoms with E-state index >= 15 is 0 Å². The zero-order chi connectivity index (χ0) is 28.1. The van der Waals surface area contributed by atoms with Gasteiger partial charge in [0.05, 0.1) is 23.9 Å². The van der Waals surface area contributed by atoms with Gasteiger partial charge in [-0.3, -0.25) is 4.79 Å². The molecule has 3 aliphatic rings. The van der Waals surface area contributed by atoms with Crippen molar-refractivity contribution >= 4 is 23.3 Å². The number of rotatable bonds is 6. The molecule has 10 heteroatoms. The molecule has 0 aliphatic carbocycles. The van der Waals surface area contributed by atoms with E-state index in [2.05, 4.69) is 60.3 Å². The number of hydrogen-bond donors (Lipinski definition) is 2. The summed E-state index contributed by atoms with van der Waals surface area (Å²) in [4.78, 5) is 30.0. The Bertz CT molecular complexity index is 1450. The molecule has 2 saturated heterocycles. The number of anilines is 4. The van der Waals surface area contributed by atoms with Crippen LogP contribution in [-0.2, 0) is 14.9 Å². The molecule has 10 nitrogen and oxygen atoms in total. The normalized spacial score (nSPS) is 24.8. The molecule has 3 aliphatic heterocycles. The van der Waals surface area contributed by atoms with E-state index in [1.54, 1.807) is 10.6 Å². The minimum Gasteiger partial charge on any atom is -0.381 e. The van der Waals surface area contributed by atoms with Crippen LogP contribution in [0.2, 0.25) is 0 Å². The highest BCUT2D eigenvalue weighted by molar-refractivity contribution is 5.71. The van der Waals surface area contributed by atoms with Gasteiger partial charge in [-0.1, -0.05) is 13.0 Å². The third-order valence-corrected chi connectivity index (χ3v) is 8.77. The molecule has 212 valence electrons. The Balaban J connectivity index is 1.36. The second-order valence-electron chi connectivity index (χ2n) is 12.0. The quantitative estimate of drug-likeness (QED) is 0.467. The van der Waals surface area contributed by atoms with Gasteiger partial charge in [0.25, 0.3) is 5.56 Å². The fourth-order valence-electron chi connectivity index (χ4n) is 6.18. The van der Waals surface area contributed by atoms with Crippen LogP contribution in [0, 0.1) is 0 Å². The van der Waals surface area contributed by atoms with Gasteiger partial charge >= 0.3 is 0 Å². The molecule has 0 spiro atoms. The third kappa shape index (κ3) is 4.78. The van der Waals surface area contributed by atoms with Crippen molar-refractivity contribution in [1.29, 1.82) is 0 Å². The number of nitrogens with zero attached hydrogens (tertiary/aromatic N) is 5. The molecular weight excluding hydrogens is 506 g/mol. The Hall–Kier alpha value is -3.34. The molecule has 0 radical (unpaired) electrons. The smallest absolute Gasteiger partial charge is 0.252 e. The lowest BCUT2D eigenvalue weighted by Gasteiger charge is -2.46. The number of aromatic nitrogens is 4. The first-order valence-electron chi connectivity index (χ1n) is 14.2. The molecule has 3 aromatic rings. The van der Waals surface area contributed by atoms with Gasteiger partial charge in [0.15, 0.2) is 0 Å². The maximum absolute atomic E-state index is 12.9. The molecule has 40 heavy (non-hydrogen) atoms. The summed E-state index contributed by atoms with van der Waals surface area (Å²) in [7, 11) is 1.94. The summed E-state index contributed by atoms with van der Waals surface area (Å²) in [5.41, 5.74) is 2.07. The van der Waals surface area contributed by atoms with Crippen molar-refractivity contribution in [3.05, 3.63) is 64.3 Å². The molecule has 6 rings (SSSR count). The maximum atomic E-state index is 12.9. The third-order valence-electron chi connectivity index (χ3n) is 8.77. The topological polar surface area (TPSA) is 106 Å². The molecule has 2 fully saturated rings. The molecule has 0 bridgehead atoms. The molecule has 0 amide bonds. The minimum absolute atomic E-state index is 0.0442. The Labute approximate surface area is 235 Å². The number of nitrogens with one attached hydrogen (secondary N) is 2. The highest BCUT2D eigenvalue weighted by atomic mass is 16.5. The van der Waals surface area contributed by atoms with Crippen LogP contribution in [0.1, 0.15) is 70.3 Å². The van der Waals surface area contributed by atoms with Crippen LogP contribution in [0.15, 0.2) is 47.5 Å². The van der Waals surface area contributed by atoms with E-state index in [1.165, 1.54) is 0 Å². The molecule has 3 aromatic heterocycles. The summed E-state index contributed by atoms with van der Waals surface area (Å²) >= 11 is 0. The lowest BCUT2D eigenvalue weighted by Crippen LogP contribution is -2.54. The minimum atomic E-state index is -0.292. The van der Waals surface area contributed by atoms with Gasteiger partial charge < -0.3 is 29.6 Å². The Kier molecular flexibility index (Phi) is 6.88. The Morgan fingerprint density at radius 3 is 2.67 bits per heavy atom. The van der Waals surface area contributed by atoms with Crippen molar-refractivity contribution in [1.82, 2.24) is 24.8 Å². The van der Waals surface area contributed by atoms with Crippen molar-refractivity contribution in [2.45, 2.75) is 76.1 Å². The highest BCUT2D eigenvalue weighted by Crippen LogP contribution is 2.53. The molecular formula is C30H39N7O3. The summed E-state index contributed by atoms with van der Waals surface area (Å²) in [5, 5.41) is 6.57. The van der Waals surface area contributed by atoms with Gasteiger partial charge in [0.1, 0.15) is 11.6 Å². The van der Waals surface area contributed by atoms with Crippen LogP contribution in [0.3, 0.4) is 0 Å². The zero-order valence-electron chi connectivity index (χ0n) is 24.0. The number of ether oxygens (including phenoxy) is 2. The molecule has 6 heterocycles. The van der Waals surface area contributed by atoms with Crippen LogP contribution in [-0.4, -0.2) is 58.0 Å². The van der Waals surface area contributed by atoms with E-state index in [-0.39, 0.29) is 34.7 Å². The van der Waals surface area contributed by atoms with Crippen molar-refractivity contribution in [3.63, 3.8) is 0 Å². The van der Waals surface area contributed by atoms with Crippen LogP contribution in [0.25, 0.3) is 0 Å². The molecule has 0 saturated carbocycles. The van der Waals surface area contributed by atoms with Crippen molar-refractivity contribution in [3.8, 4) is 0 Å². The van der Waals surface area contributed by atoms with Gasteiger partial charge in [0, 0.05) is 60.4 Å². The number of fused-ring (bicyclic) bond motifs is 3. The van der Waals surface area contributed by atoms with Crippen molar-refractivity contribution < 1.29 is 9.47 Å². The Morgan fingerprint density at radius 2 is 1.93 bits per heavy atom. The average Bonchev–Trinajstić information content (AvgIpc) is 3.20. The molecule has 2 N–H and O–H groups in total. The first-order valence-corrected chi connectivity index (χ1v) is 14.2.